The monoisotopic (exact) mass is 334 g/mol. The Hall–Kier alpha value is -3.56. The summed E-state index contributed by atoms with van der Waals surface area (Å²) >= 11 is 0. The van der Waals surface area contributed by atoms with E-state index in [2.05, 4.69) is 10.6 Å². The minimum atomic E-state index is -0.891. The van der Waals surface area contributed by atoms with Gasteiger partial charge in [-0.05, 0) is 18.6 Å². The van der Waals surface area contributed by atoms with Gasteiger partial charge in [-0.15, -0.1) is 0 Å². The number of urea groups is 1. The van der Waals surface area contributed by atoms with E-state index in [4.69, 9.17) is 0 Å². The summed E-state index contributed by atoms with van der Waals surface area (Å²) in [5, 5.41) is 25.9. The van der Waals surface area contributed by atoms with Gasteiger partial charge < -0.3 is 10.6 Å². The molecule has 2 aromatic carbocycles. The highest BCUT2D eigenvalue weighted by atomic mass is 19.1. The summed E-state index contributed by atoms with van der Waals surface area (Å²) in [4.78, 5) is 32.0. The zero-order chi connectivity index (χ0) is 17.9. The highest BCUT2D eigenvalue weighted by Crippen LogP contribution is 2.24. The number of rotatable bonds is 4. The van der Waals surface area contributed by atoms with Gasteiger partial charge in [0.2, 0.25) is 0 Å². The van der Waals surface area contributed by atoms with Gasteiger partial charge in [-0.2, -0.15) is 0 Å². The lowest BCUT2D eigenvalue weighted by Crippen LogP contribution is -2.20. The molecule has 124 valence electrons. The van der Waals surface area contributed by atoms with Crippen LogP contribution in [-0.2, 0) is 0 Å². The van der Waals surface area contributed by atoms with Crippen LogP contribution in [0.15, 0.2) is 36.4 Å². The van der Waals surface area contributed by atoms with E-state index >= 15 is 0 Å². The number of non-ortho nitro benzene ring substituents is 2. The van der Waals surface area contributed by atoms with Crippen molar-refractivity contribution in [1.29, 1.82) is 0 Å². The van der Waals surface area contributed by atoms with Gasteiger partial charge >= 0.3 is 6.03 Å². The molecule has 2 N–H and O–H groups in total. The second kappa shape index (κ2) is 6.69. The lowest BCUT2D eigenvalue weighted by molar-refractivity contribution is -0.385. The molecule has 24 heavy (non-hydrogen) atoms. The van der Waals surface area contributed by atoms with Crippen LogP contribution in [0.4, 0.5) is 31.9 Å². The summed E-state index contributed by atoms with van der Waals surface area (Å²) in [5.41, 5.74) is -0.289. The second-order valence-electron chi connectivity index (χ2n) is 4.76. The van der Waals surface area contributed by atoms with Crippen LogP contribution in [0.25, 0.3) is 0 Å². The molecule has 2 rings (SSSR count). The lowest BCUT2D eigenvalue weighted by Gasteiger charge is -2.10. The molecule has 0 spiro atoms. The van der Waals surface area contributed by atoms with Gasteiger partial charge in [0.1, 0.15) is 5.82 Å². The van der Waals surface area contributed by atoms with E-state index in [0.717, 1.165) is 24.3 Å². The summed E-state index contributed by atoms with van der Waals surface area (Å²) < 4.78 is 13.6. The first kappa shape index (κ1) is 16.8. The molecule has 0 saturated heterocycles. The average molecular weight is 334 g/mol. The molecular weight excluding hydrogens is 323 g/mol. The van der Waals surface area contributed by atoms with Gasteiger partial charge in [0.25, 0.3) is 11.4 Å². The van der Waals surface area contributed by atoms with Crippen molar-refractivity contribution in [3.63, 3.8) is 0 Å². The number of carbonyl (C=O) groups is 1. The van der Waals surface area contributed by atoms with Crippen LogP contribution in [0.1, 0.15) is 5.56 Å². The van der Waals surface area contributed by atoms with Crippen LogP contribution >= 0.6 is 0 Å². The molecule has 0 bridgehead atoms. The van der Waals surface area contributed by atoms with Gasteiger partial charge in [0, 0.05) is 24.3 Å². The van der Waals surface area contributed by atoms with E-state index < -0.39 is 27.4 Å². The molecule has 0 aliphatic rings. The van der Waals surface area contributed by atoms with E-state index in [9.17, 15) is 29.4 Å². The maximum atomic E-state index is 13.6. The Kier molecular flexibility index (Phi) is 4.68. The van der Waals surface area contributed by atoms with E-state index in [0.29, 0.717) is 5.56 Å². The molecule has 0 aliphatic carbocycles. The number of amides is 2. The smallest absolute Gasteiger partial charge is 0.307 e. The number of anilines is 2. The summed E-state index contributed by atoms with van der Waals surface area (Å²) in [6.45, 7) is 1.62. The molecule has 9 nitrogen and oxygen atoms in total. The number of aryl methyl sites for hydroxylation is 1. The van der Waals surface area contributed by atoms with Gasteiger partial charge in [-0.3, -0.25) is 20.2 Å². The first-order chi connectivity index (χ1) is 11.3. The molecule has 0 saturated carbocycles. The molecule has 0 heterocycles. The fourth-order valence-electron chi connectivity index (χ4n) is 1.86. The number of nitro benzene ring substituents is 2. The number of carbonyl (C=O) groups excluding carboxylic acids is 1. The predicted molar refractivity (Wildman–Crippen MR) is 83.5 cm³/mol. The number of hydrogen-bond donors (Lipinski definition) is 2. The Morgan fingerprint density at radius 2 is 1.46 bits per heavy atom. The molecule has 0 aromatic heterocycles. The average Bonchev–Trinajstić information content (AvgIpc) is 2.51. The maximum Gasteiger partial charge on any atom is 0.323 e. The predicted octanol–water partition coefficient (Wildman–Crippen LogP) is 3.59. The highest BCUT2D eigenvalue weighted by molar-refractivity contribution is 6.00. The van der Waals surface area contributed by atoms with Crippen molar-refractivity contribution in [2.45, 2.75) is 6.92 Å². The Labute approximate surface area is 134 Å². The number of nitrogens with zero attached hydrogens (tertiary/aromatic N) is 2. The van der Waals surface area contributed by atoms with Crippen molar-refractivity contribution in [1.82, 2.24) is 0 Å². The van der Waals surface area contributed by atoms with E-state index in [-0.39, 0.29) is 17.1 Å². The minimum Gasteiger partial charge on any atom is -0.307 e. The zero-order valence-corrected chi connectivity index (χ0v) is 12.3. The molecular formula is C14H11FN4O5. The van der Waals surface area contributed by atoms with Crippen molar-refractivity contribution in [2.24, 2.45) is 0 Å². The van der Waals surface area contributed by atoms with E-state index in [1.54, 1.807) is 6.92 Å². The van der Waals surface area contributed by atoms with Gasteiger partial charge in [0.05, 0.1) is 21.2 Å². The Balaban J connectivity index is 2.20. The largest absolute Gasteiger partial charge is 0.323 e. The Morgan fingerprint density at radius 1 is 0.958 bits per heavy atom. The SMILES string of the molecule is Cc1ccc([N+](=O)[O-])cc1NC(=O)Nc1cc([N+](=O)[O-])ccc1F. The van der Waals surface area contributed by atoms with Crippen LogP contribution in [0.5, 0.6) is 0 Å². The van der Waals surface area contributed by atoms with Crippen LogP contribution in [0.3, 0.4) is 0 Å². The number of hydrogen-bond acceptors (Lipinski definition) is 5. The van der Waals surface area contributed by atoms with Crippen molar-refractivity contribution >= 4 is 28.8 Å². The fourth-order valence-corrected chi connectivity index (χ4v) is 1.86. The third-order valence-corrected chi connectivity index (χ3v) is 3.09. The Morgan fingerprint density at radius 3 is 2.04 bits per heavy atom. The lowest BCUT2D eigenvalue weighted by atomic mass is 10.2. The van der Waals surface area contributed by atoms with Crippen molar-refractivity contribution in [3.05, 3.63) is 68.0 Å². The molecule has 2 aromatic rings. The van der Waals surface area contributed by atoms with Gasteiger partial charge in [-0.1, -0.05) is 6.07 Å². The van der Waals surface area contributed by atoms with Crippen molar-refractivity contribution in [3.8, 4) is 0 Å². The standard InChI is InChI=1S/C14H11FN4O5/c1-8-2-3-9(18(21)22)6-12(8)16-14(20)17-13-7-10(19(23)24)4-5-11(13)15/h2-7H,1H3,(H2,16,17,20). The zero-order valence-electron chi connectivity index (χ0n) is 12.3. The molecule has 0 fully saturated rings. The quantitative estimate of drug-likeness (QED) is 0.652. The highest BCUT2D eigenvalue weighted by Gasteiger charge is 2.15. The first-order valence-electron chi connectivity index (χ1n) is 6.55. The number of nitrogens with one attached hydrogen (secondary N) is 2. The molecule has 2 amide bonds. The normalized spacial score (nSPS) is 10.1. The van der Waals surface area contributed by atoms with E-state index in [1.165, 1.54) is 12.1 Å². The summed E-state index contributed by atoms with van der Waals surface area (Å²) in [7, 11) is 0. The molecule has 0 unspecified atom stereocenters. The summed E-state index contributed by atoms with van der Waals surface area (Å²) in [5.74, 6) is -0.855. The third-order valence-electron chi connectivity index (χ3n) is 3.09. The summed E-state index contributed by atoms with van der Waals surface area (Å²) in [6.07, 6.45) is 0. The minimum absolute atomic E-state index is 0.160. The van der Waals surface area contributed by atoms with Gasteiger partial charge in [-0.25, -0.2) is 9.18 Å². The summed E-state index contributed by atoms with van der Waals surface area (Å²) in [6, 6.07) is 5.67. The van der Waals surface area contributed by atoms with Crippen molar-refractivity contribution < 1.29 is 19.0 Å². The Bertz CT molecular complexity index is 772. The molecule has 0 radical (unpaired) electrons. The maximum absolute atomic E-state index is 13.6. The van der Waals surface area contributed by atoms with Gasteiger partial charge in [0.15, 0.2) is 0 Å². The van der Waals surface area contributed by atoms with Crippen molar-refractivity contribution in [2.75, 3.05) is 10.6 Å². The van der Waals surface area contributed by atoms with Crippen LogP contribution < -0.4 is 10.6 Å². The number of benzene rings is 2. The molecule has 10 heteroatoms. The fraction of sp³-hybridized carbons (Fsp3) is 0.0714. The van der Waals surface area contributed by atoms with Crippen LogP contribution in [0.2, 0.25) is 0 Å². The molecule has 0 aliphatic heterocycles. The van der Waals surface area contributed by atoms with E-state index in [1.807, 2.05) is 0 Å². The van der Waals surface area contributed by atoms with Crippen LogP contribution in [0, 0.1) is 33.0 Å². The molecule has 0 atom stereocenters. The number of nitro groups is 2. The number of halogens is 1. The first-order valence-corrected chi connectivity index (χ1v) is 6.55. The second-order valence-corrected chi connectivity index (χ2v) is 4.76. The topological polar surface area (TPSA) is 127 Å². The third kappa shape index (κ3) is 3.80. The van der Waals surface area contributed by atoms with Crippen LogP contribution in [-0.4, -0.2) is 15.9 Å².